The van der Waals surface area contributed by atoms with Gasteiger partial charge in [0.1, 0.15) is 0 Å². The smallest absolute Gasteiger partial charge is 0.169 e. The van der Waals surface area contributed by atoms with Gasteiger partial charge in [0.05, 0.1) is 17.8 Å². The lowest BCUT2D eigenvalue weighted by Crippen LogP contribution is -2.25. The Labute approximate surface area is 172 Å². The normalized spacial score (nSPS) is 19.2. The highest BCUT2D eigenvalue weighted by molar-refractivity contribution is 7.80. The van der Waals surface area contributed by atoms with E-state index in [1.165, 1.54) is 33.8 Å². The van der Waals surface area contributed by atoms with Gasteiger partial charge in [-0.2, -0.15) is 0 Å². The third-order valence-electron chi connectivity index (χ3n) is 5.59. The molecule has 0 spiro atoms. The number of rotatable bonds is 3. The van der Waals surface area contributed by atoms with Crippen molar-refractivity contribution in [2.75, 3.05) is 7.05 Å². The molecule has 144 valence electrons. The maximum Gasteiger partial charge on any atom is 0.169 e. The Morgan fingerprint density at radius 2 is 1.71 bits per heavy atom. The van der Waals surface area contributed by atoms with Crippen LogP contribution >= 0.6 is 12.2 Å². The number of aromatic nitrogens is 2. The highest BCUT2D eigenvalue weighted by Crippen LogP contribution is 2.40. The van der Waals surface area contributed by atoms with Gasteiger partial charge in [-0.15, -0.1) is 0 Å². The van der Waals surface area contributed by atoms with Gasteiger partial charge in [0.2, 0.25) is 0 Å². The van der Waals surface area contributed by atoms with E-state index in [4.69, 9.17) is 12.2 Å². The van der Waals surface area contributed by atoms with E-state index >= 15 is 0 Å². The van der Waals surface area contributed by atoms with Crippen LogP contribution in [-0.4, -0.2) is 26.6 Å². The number of hydrogen-bond acceptors (Lipinski definition) is 2. The summed E-state index contributed by atoms with van der Waals surface area (Å²) in [5.41, 5.74) is 8.52. The molecule has 1 saturated heterocycles. The first-order valence-electron chi connectivity index (χ1n) is 9.58. The Morgan fingerprint density at radius 1 is 1.00 bits per heavy atom. The lowest BCUT2D eigenvalue weighted by Gasteiger charge is -2.24. The summed E-state index contributed by atoms with van der Waals surface area (Å²) in [6.07, 6.45) is 1.84. The largest absolute Gasteiger partial charge is 0.352 e. The van der Waals surface area contributed by atoms with Crippen LogP contribution in [0.2, 0.25) is 0 Å². The van der Waals surface area contributed by atoms with Gasteiger partial charge in [-0.05, 0) is 86.9 Å². The van der Waals surface area contributed by atoms with Crippen LogP contribution in [0.15, 0.2) is 48.7 Å². The minimum absolute atomic E-state index is 0.0342. The van der Waals surface area contributed by atoms with E-state index in [1.54, 1.807) is 0 Å². The molecular formula is C23H26N4S. The van der Waals surface area contributed by atoms with Gasteiger partial charge in [0.15, 0.2) is 5.11 Å². The molecule has 28 heavy (non-hydrogen) atoms. The van der Waals surface area contributed by atoms with Crippen LogP contribution in [-0.2, 0) is 0 Å². The quantitative estimate of drug-likeness (QED) is 0.657. The Hall–Kier alpha value is -2.66. The molecular weight excluding hydrogens is 364 g/mol. The van der Waals surface area contributed by atoms with Crippen molar-refractivity contribution >= 4 is 17.3 Å². The van der Waals surface area contributed by atoms with Gasteiger partial charge in [-0.25, -0.2) is 0 Å². The van der Waals surface area contributed by atoms with Crippen molar-refractivity contribution in [3.05, 3.63) is 82.4 Å². The number of thiocarbonyl (C=S) groups is 1. The summed E-state index contributed by atoms with van der Waals surface area (Å²) in [5.74, 6) is 0. The van der Waals surface area contributed by atoms with Gasteiger partial charge in [0.25, 0.3) is 0 Å². The standard InChI is InChI=1S/C23H26N4S/c1-14-10-15(2)12-18(11-14)27-16(3)13-19(17(27)4)22-21(25-23(28)26(22)5)20-8-6-7-9-24-20/h6-13,21-22H,1-5H3,(H,25,28). The number of pyridine rings is 1. The molecule has 1 fully saturated rings. The molecule has 2 aromatic heterocycles. The number of aryl methyl sites for hydroxylation is 3. The van der Waals surface area contributed by atoms with Crippen molar-refractivity contribution in [2.24, 2.45) is 0 Å². The predicted octanol–water partition coefficient (Wildman–Crippen LogP) is 4.71. The molecule has 3 heterocycles. The number of benzene rings is 1. The second kappa shape index (κ2) is 7.06. The van der Waals surface area contributed by atoms with E-state index in [1.807, 2.05) is 18.3 Å². The van der Waals surface area contributed by atoms with E-state index in [9.17, 15) is 0 Å². The molecule has 0 aliphatic carbocycles. The van der Waals surface area contributed by atoms with Crippen molar-refractivity contribution in [1.29, 1.82) is 0 Å². The predicted molar refractivity (Wildman–Crippen MR) is 118 cm³/mol. The molecule has 2 atom stereocenters. The van der Waals surface area contributed by atoms with Crippen molar-refractivity contribution in [3.63, 3.8) is 0 Å². The summed E-state index contributed by atoms with van der Waals surface area (Å²) in [6.45, 7) is 8.67. The average molecular weight is 391 g/mol. The lowest BCUT2D eigenvalue weighted by atomic mass is 9.97. The maximum absolute atomic E-state index is 5.59. The summed E-state index contributed by atoms with van der Waals surface area (Å²) in [5, 5.41) is 4.23. The monoisotopic (exact) mass is 390 g/mol. The molecule has 5 heteroatoms. The Balaban J connectivity index is 1.83. The van der Waals surface area contributed by atoms with Gasteiger partial charge in [0, 0.05) is 30.3 Å². The Bertz CT molecular complexity index is 1020. The van der Waals surface area contributed by atoms with Crippen LogP contribution in [0, 0.1) is 27.7 Å². The topological polar surface area (TPSA) is 33.1 Å². The number of nitrogens with zero attached hydrogens (tertiary/aromatic N) is 3. The zero-order chi connectivity index (χ0) is 20.0. The number of hydrogen-bond donors (Lipinski definition) is 1. The zero-order valence-corrected chi connectivity index (χ0v) is 17.8. The summed E-state index contributed by atoms with van der Waals surface area (Å²) in [7, 11) is 2.06. The fourth-order valence-corrected chi connectivity index (χ4v) is 4.65. The van der Waals surface area contributed by atoms with Crippen LogP contribution in [0.5, 0.6) is 0 Å². The van der Waals surface area contributed by atoms with Crippen LogP contribution in [0.25, 0.3) is 5.69 Å². The molecule has 3 aromatic rings. The maximum atomic E-state index is 5.59. The average Bonchev–Trinajstić information content (AvgIpc) is 3.10. The van der Waals surface area contributed by atoms with Gasteiger partial charge in [-0.3, -0.25) is 4.98 Å². The summed E-state index contributed by atoms with van der Waals surface area (Å²) in [4.78, 5) is 6.75. The highest BCUT2D eigenvalue weighted by atomic mass is 32.1. The van der Waals surface area contributed by atoms with E-state index < -0.39 is 0 Å². The third-order valence-corrected chi connectivity index (χ3v) is 6.00. The van der Waals surface area contributed by atoms with E-state index in [2.05, 4.69) is 84.8 Å². The second-order valence-corrected chi connectivity index (χ2v) is 8.13. The zero-order valence-electron chi connectivity index (χ0n) is 17.0. The molecule has 0 amide bonds. The van der Waals surface area contributed by atoms with Crippen LogP contribution in [0.4, 0.5) is 0 Å². The van der Waals surface area contributed by atoms with Crippen molar-refractivity contribution < 1.29 is 0 Å². The molecule has 1 aliphatic rings. The summed E-state index contributed by atoms with van der Waals surface area (Å²) >= 11 is 5.59. The number of likely N-dealkylation sites (N-methyl/N-ethyl adjacent to an activating group) is 1. The minimum atomic E-state index is 0.0342. The second-order valence-electron chi connectivity index (χ2n) is 7.75. The molecule has 2 unspecified atom stereocenters. The van der Waals surface area contributed by atoms with Crippen LogP contribution in [0.1, 0.15) is 45.9 Å². The van der Waals surface area contributed by atoms with E-state index in [0.29, 0.717) is 0 Å². The molecule has 4 rings (SSSR count). The summed E-state index contributed by atoms with van der Waals surface area (Å²) < 4.78 is 2.35. The highest BCUT2D eigenvalue weighted by Gasteiger charge is 2.39. The Kier molecular flexibility index (Phi) is 4.71. The van der Waals surface area contributed by atoms with Gasteiger partial charge < -0.3 is 14.8 Å². The molecule has 1 aliphatic heterocycles. The lowest BCUT2D eigenvalue weighted by molar-refractivity contribution is 0.367. The molecule has 0 radical (unpaired) electrons. The first-order chi connectivity index (χ1) is 13.4. The van der Waals surface area contributed by atoms with Crippen LogP contribution in [0.3, 0.4) is 0 Å². The van der Waals surface area contributed by atoms with Crippen molar-refractivity contribution in [3.8, 4) is 5.69 Å². The molecule has 4 nitrogen and oxygen atoms in total. The van der Waals surface area contributed by atoms with E-state index in [0.717, 1.165) is 10.8 Å². The molecule has 0 bridgehead atoms. The SMILES string of the molecule is Cc1cc(C)cc(-n2c(C)cc(C3C(c4ccccn4)NC(=S)N3C)c2C)c1. The molecule has 1 aromatic carbocycles. The van der Waals surface area contributed by atoms with Crippen molar-refractivity contribution in [2.45, 2.75) is 39.8 Å². The number of nitrogens with one attached hydrogen (secondary N) is 1. The van der Waals surface area contributed by atoms with Crippen molar-refractivity contribution in [1.82, 2.24) is 19.8 Å². The first-order valence-corrected chi connectivity index (χ1v) is 9.99. The molecule has 0 saturated carbocycles. The minimum Gasteiger partial charge on any atom is -0.352 e. The van der Waals surface area contributed by atoms with Crippen LogP contribution < -0.4 is 5.32 Å². The summed E-state index contributed by atoms with van der Waals surface area (Å²) in [6, 6.07) is 15.2. The molecule has 1 N–H and O–H groups in total. The Morgan fingerprint density at radius 3 is 2.36 bits per heavy atom. The first kappa shape index (κ1) is 18.7. The third kappa shape index (κ3) is 3.10. The fraction of sp³-hybridized carbons (Fsp3) is 0.304. The van der Waals surface area contributed by atoms with E-state index in [-0.39, 0.29) is 12.1 Å². The van der Waals surface area contributed by atoms with Gasteiger partial charge in [-0.1, -0.05) is 12.1 Å². The van der Waals surface area contributed by atoms with Gasteiger partial charge >= 0.3 is 0 Å². The fourth-order valence-electron chi connectivity index (χ4n) is 4.41.